The summed E-state index contributed by atoms with van der Waals surface area (Å²) in [6.07, 6.45) is 1.79. The number of hydrogen-bond acceptors (Lipinski definition) is 6. The first kappa shape index (κ1) is 55.7. The summed E-state index contributed by atoms with van der Waals surface area (Å²) in [5.41, 5.74) is 21.3. The van der Waals surface area contributed by atoms with Crippen molar-refractivity contribution < 1.29 is 0 Å². The minimum absolute atomic E-state index is 0.0702. The minimum atomic E-state index is -0.384. The Kier molecular flexibility index (Phi) is 13.3. The summed E-state index contributed by atoms with van der Waals surface area (Å²) >= 11 is 6.29. The Bertz CT molecular complexity index is 6110. The van der Waals surface area contributed by atoms with Gasteiger partial charge in [0.25, 0.3) is 0 Å². The van der Waals surface area contributed by atoms with Crippen LogP contribution < -0.4 is 10.6 Å². The van der Waals surface area contributed by atoms with Gasteiger partial charge in [-0.3, -0.25) is 0 Å². The highest BCUT2D eigenvalue weighted by atomic mass is 127. The molecule has 6 heterocycles. The van der Waals surface area contributed by atoms with Gasteiger partial charge in [-0.25, -0.2) is 9.98 Å². The maximum absolute atomic E-state index is 5.45. The number of rotatable bonds is 10. The molecule has 2 aliphatic heterocycles. The molecule has 0 saturated carbocycles. The first-order valence-corrected chi connectivity index (χ1v) is 34.8. The van der Waals surface area contributed by atoms with E-state index in [4.69, 9.17) is 9.98 Å². The molecule has 0 bridgehead atoms. The van der Waals surface area contributed by atoms with E-state index in [-0.39, 0.29) is 12.3 Å². The lowest BCUT2D eigenvalue weighted by atomic mass is 9.98. The molecule has 0 amide bonds. The van der Waals surface area contributed by atoms with Gasteiger partial charge in [-0.15, -0.1) is 22.7 Å². The standard InChI is InChI=1S/C86H55IN6S2/c87-80-81(54-24-9-3-10-25-54)90-85(55-26-11-4-12-27-55)91-82(80)60-28-17-29-61(46-60)92-75-44-40-58(62-32-18-34-68-66-31-14-16-37-78(66)94-83(62)68)48-71(75)65-42-38-56(49-77(65)92)57-39-43-67-69-35-19-33-63(84(69)95-79(67)50-57)59-41-45-76-70(47-59)64-30-13-15-36-74(64)93(76)86-88-72(52-20-5-1-6-21-52)51-73(89-86)53-22-7-2-8-23-53/h1-51,81,86,88H,(H,90,91). The van der Waals surface area contributed by atoms with Crippen molar-refractivity contribution in [2.75, 3.05) is 0 Å². The van der Waals surface area contributed by atoms with E-state index < -0.39 is 0 Å². The van der Waals surface area contributed by atoms with E-state index in [1.165, 1.54) is 95.3 Å². The van der Waals surface area contributed by atoms with E-state index in [1.807, 2.05) is 22.7 Å². The minimum Gasteiger partial charge on any atom is -0.358 e. The molecular formula is C86H55IN6S2. The summed E-state index contributed by atoms with van der Waals surface area (Å²) in [5, 5.41) is 17.6. The van der Waals surface area contributed by atoms with Crippen molar-refractivity contribution >= 4 is 152 Å². The number of aromatic nitrogens is 2. The maximum atomic E-state index is 5.45. The molecule has 448 valence electrons. The van der Waals surface area contributed by atoms with Crippen molar-refractivity contribution in [3.05, 3.63) is 341 Å². The van der Waals surface area contributed by atoms with E-state index in [9.17, 15) is 0 Å². The Morgan fingerprint density at radius 2 is 0.895 bits per heavy atom. The zero-order chi connectivity index (χ0) is 62.7. The molecule has 4 aromatic heterocycles. The molecule has 2 N–H and O–H groups in total. The molecule has 2 aliphatic rings. The number of amidine groups is 1. The highest BCUT2D eigenvalue weighted by molar-refractivity contribution is 14.1. The molecule has 6 nitrogen and oxygen atoms in total. The normalized spacial score (nSPS) is 15.1. The second-order valence-corrected chi connectivity index (χ2v) is 27.8. The molecule has 13 aromatic carbocycles. The molecule has 2 atom stereocenters. The van der Waals surface area contributed by atoms with E-state index in [0.717, 1.165) is 82.1 Å². The van der Waals surface area contributed by atoms with Crippen molar-refractivity contribution in [2.45, 2.75) is 12.3 Å². The number of aliphatic imine (C=N–C) groups is 2. The van der Waals surface area contributed by atoms with Crippen molar-refractivity contribution in [1.29, 1.82) is 0 Å². The summed E-state index contributed by atoms with van der Waals surface area (Å²) in [6.45, 7) is 0. The third-order valence-electron chi connectivity index (χ3n) is 19.1. The van der Waals surface area contributed by atoms with Gasteiger partial charge in [-0.05, 0) is 139 Å². The average Bonchev–Trinajstić information content (AvgIpc) is 1.60. The van der Waals surface area contributed by atoms with Crippen LogP contribution in [-0.2, 0) is 0 Å². The van der Waals surface area contributed by atoms with Gasteiger partial charge in [-0.1, -0.05) is 243 Å². The van der Waals surface area contributed by atoms with Gasteiger partial charge in [0, 0.05) is 88.0 Å². The van der Waals surface area contributed by atoms with Crippen LogP contribution in [0.25, 0.3) is 134 Å². The van der Waals surface area contributed by atoms with Crippen LogP contribution in [-0.4, -0.2) is 20.7 Å². The number of halogens is 1. The van der Waals surface area contributed by atoms with Crippen molar-refractivity contribution in [3.63, 3.8) is 0 Å². The van der Waals surface area contributed by atoms with Gasteiger partial charge in [0.1, 0.15) is 5.84 Å². The SMILES string of the molecule is IC1=C(c2cccc(-n3c4ccc(-c5cccc6c5sc5ccccc56)cc4c4ccc(-c5ccc6c(c5)sc5c(-c7ccc8c(c7)c7ccccc7n8C7N=C(c8ccccc8)C=C(c8ccccc8)N7)cccc56)cc43)c2)N=C(c2ccccc2)NC1c1ccccc1. The lowest BCUT2D eigenvalue weighted by Crippen LogP contribution is -2.32. The van der Waals surface area contributed by atoms with E-state index in [1.54, 1.807) is 0 Å². The zero-order valence-electron chi connectivity index (χ0n) is 51.1. The van der Waals surface area contributed by atoms with E-state index in [2.05, 4.69) is 352 Å². The summed E-state index contributed by atoms with van der Waals surface area (Å²) in [5.74, 6) is 0.855. The van der Waals surface area contributed by atoms with Gasteiger partial charge in [-0.2, -0.15) is 0 Å². The van der Waals surface area contributed by atoms with Gasteiger partial charge in [0.2, 0.25) is 6.29 Å². The van der Waals surface area contributed by atoms with Crippen LogP contribution in [0.3, 0.4) is 0 Å². The highest BCUT2D eigenvalue weighted by Gasteiger charge is 2.28. The van der Waals surface area contributed by atoms with Crippen molar-refractivity contribution in [1.82, 2.24) is 19.8 Å². The summed E-state index contributed by atoms with van der Waals surface area (Å²) in [7, 11) is 0. The van der Waals surface area contributed by atoms with Crippen molar-refractivity contribution in [3.8, 4) is 39.1 Å². The van der Waals surface area contributed by atoms with Crippen LogP contribution in [0.1, 0.15) is 40.1 Å². The second kappa shape index (κ2) is 22.7. The Morgan fingerprint density at radius 1 is 0.358 bits per heavy atom. The Balaban J connectivity index is 0.735. The lowest BCUT2D eigenvalue weighted by Gasteiger charge is -2.28. The third-order valence-corrected chi connectivity index (χ3v) is 22.7. The number of para-hydroxylation sites is 1. The van der Waals surface area contributed by atoms with Crippen LogP contribution in [0.4, 0.5) is 0 Å². The van der Waals surface area contributed by atoms with Gasteiger partial charge < -0.3 is 19.8 Å². The summed E-state index contributed by atoms with van der Waals surface area (Å²) in [4.78, 5) is 10.9. The number of nitrogens with zero attached hydrogens (tertiary/aromatic N) is 4. The lowest BCUT2D eigenvalue weighted by molar-refractivity contribution is 0.508. The quantitative estimate of drug-likeness (QED) is 0.134. The smallest absolute Gasteiger partial charge is 0.201 e. The van der Waals surface area contributed by atoms with Gasteiger partial charge in [0.15, 0.2) is 0 Å². The first-order valence-electron chi connectivity index (χ1n) is 32.1. The number of thiophene rings is 2. The second-order valence-electron chi connectivity index (χ2n) is 24.6. The number of nitrogens with one attached hydrogen (secondary N) is 2. The van der Waals surface area contributed by atoms with Gasteiger partial charge >= 0.3 is 0 Å². The van der Waals surface area contributed by atoms with Crippen LogP contribution in [0.2, 0.25) is 0 Å². The molecule has 0 spiro atoms. The summed E-state index contributed by atoms with van der Waals surface area (Å²) in [6, 6.07) is 111. The highest BCUT2D eigenvalue weighted by Crippen LogP contribution is 2.47. The van der Waals surface area contributed by atoms with Crippen LogP contribution in [0, 0.1) is 0 Å². The predicted molar refractivity (Wildman–Crippen MR) is 412 cm³/mol. The predicted octanol–water partition coefficient (Wildman–Crippen LogP) is 23.1. The third kappa shape index (κ3) is 9.39. The number of allylic oxidation sites excluding steroid dienone is 1. The van der Waals surface area contributed by atoms with Crippen LogP contribution >= 0.6 is 45.3 Å². The Labute approximate surface area is 569 Å². The molecular weight excluding hydrogens is 1310 g/mol. The maximum Gasteiger partial charge on any atom is 0.201 e. The topological polar surface area (TPSA) is 58.6 Å². The fraction of sp³-hybridized carbons (Fsp3) is 0.0233. The number of hydrogen-bond donors (Lipinski definition) is 2. The molecule has 0 saturated heterocycles. The van der Waals surface area contributed by atoms with E-state index in [0.29, 0.717) is 0 Å². The van der Waals surface area contributed by atoms with Crippen molar-refractivity contribution in [2.24, 2.45) is 9.98 Å². The largest absolute Gasteiger partial charge is 0.358 e. The molecule has 0 fully saturated rings. The number of benzene rings is 13. The molecule has 0 radical (unpaired) electrons. The van der Waals surface area contributed by atoms with E-state index >= 15 is 0 Å². The first-order chi connectivity index (χ1) is 47.0. The fourth-order valence-corrected chi connectivity index (χ4v) is 18.1. The number of fused-ring (bicyclic) bond motifs is 12. The van der Waals surface area contributed by atoms with Gasteiger partial charge in [0.05, 0.1) is 39.5 Å². The average molecular weight is 1360 g/mol. The molecule has 9 heteroatoms. The zero-order valence-corrected chi connectivity index (χ0v) is 54.9. The molecule has 95 heavy (non-hydrogen) atoms. The van der Waals surface area contributed by atoms with Crippen LogP contribution in [0.5, 0.6) is 0 Å². The molecule has 2 unspecified atom stereocenters. The Hall–Kier alpha value is -11.0. The van der Waals surface area contributed by atoms with Crippen LogP contribution in [0.15, 0.2) is 323 Å². The Morgan fingerprint density at radius 3 is 1.63 bits per heavy atom. The molecule has 0 aliphatic carbocycles. The molecule has 19 rings (SSSR count). The molecule has 17 aromatic rings. The fourth-order valence-electron chi connectivity index (χ4n) is 14.6. The monoisotopic (exact) mass is 1360 g/mol. The summed E-state index contributed by atoms with van der Waals surface area (Å²) < 4.78 is 11.1.